The summed E-state index contributed by atoms with van der Waals surface area (Å²) in [5.74, 6) is 0.282. The van der Waals surface area contributed by atoms with E-state index in [9.17, 15) is 9.59 Å². The van der Waals surface area contributed by atoms with Crippen molar-refractivity contribution in [1.29, 1.82) is 0 Å². The van der Waals surface area contributed by atoms with Gasteiger partial charge in [-0.1, -0.05) is 43.7 Å². The average Bonchev–Trinajstić information content (AvgIpc) is 2.80. The number of aryl methyl sites for hydroxylation is 1. The zero-order valence-electron chi connectivity index (χ0n) is 17.3. The van der Waals surface area contributed by atoms with Gasteiger partial charge >= 0.3 is 5.97 Å². The molecule has 0 spiro atoms. The first-order valence-corrected chi connectivity index (χ1v) is 10.0. The van der Waals surface area contributed by atoms with Crippen LogP contribution in [0.2, 0.25) is 0 Å². The van der Waals surface area contributed by atoms with Crippen LogP contribution in [0, 0.1) is 0 Å². The van der Waals surface area contributed by atoms with Gasteiger partial charge in [-0.25, -0.2) is 10.2 Å². The van der Waals surface area contributed by atoms with Crippen LogP contribution in [-0.2, 0) is 11.2 Å². The Bertz CT molecular complexity index is 1010. The SMILES string of the molecule is CCCc1ccc(OCC(=O)N/N=C\c2ccc(OC(=O)c3ccccc3)cc2)cc1. The normalized spacial score (nSPS) is 10.6. The van der Waals surface area contributed by atoms with E-state index in [-0.39, 0.29) is 12.5 Å². The fourth-order valence-corrected chi connectivity index (χ4v) is 2.76. The molecule has 0 aliphatic heterocycles. The second kappa shape index (κ2) is 11.3. The van der Waals surface area contributed by atoms with E-state index in [0.29, 0.717) is 17.1 Å². The quantitative estimate of drug-likeness (QED) is 0.243. The fraction of sp³-hybridized carbons (Fsp3) is 0.160. The number of nitrogens with one attached hydrogen (secondary N) is 1. The molecule has 0 atom stereocenters. The van der Waals surface area contributed by atoms with Crippen LogP contribution < -0.4 is 14.9 Å². The van der Waals surface area contributed by atoms with Crippen molar-refractivity contribution in [2.45, 2.75) is 19.8 Å². The summed E-state index contributed by atoms with van der Waals surface area (Å²) in [7, 11) is 0. The van der Waals surface area contributed by atoms with E-state index in [1.54, 1.807) is 48.5 Å². The number of ether oxygens (including phenoxy) is 2. The summed E-state index contributed by atoms with van der Waals surface area (Å²) >= 11 is 0. The van der Waals surface area contributed by atoms with Crippen molar-refractivity contribution in [3.8, 4) is 11.5 Å². The lowest BCUT2D eigenvalue weighted by Gasteiger charge is -2.06. The zero-order chi connectivity index (χ0) is 21.9. The topological polar surface area (TPSA) is 77.0 Å². The van der Waals surface area contributed by atoms with Gasteiger partial charge in [0.1, 0.15) is 11.5 Å². The lowest BCUT2D eigenvalue weighted by atomic mass is 10.1. The largest absolute Gasteiger partial charge is 0.484 e. The van der Waals surface area contributed by atoms with Crippen molar-refractivity contribution in [3.05, 3.63) is 95.6 Å². The highest BCUT2D eigenvalue weighted by Gasteiger charge is 2.07. The molecule has 3 rings (SSSR count). The molecule has 0 aliphatic carbocycles. The van der Waals surface area contributed by atoms with Crippen molar-refractivity contribution >= 4 is 18.1 Å². The Kier molecular flexibility index (Phi) is 7.94. The number of rotatable bonds is 9. The number of carbonyl (C=O) groups is 2. The molecular weight excluding hydrogens is 392 g/mol. The first kappa shape index (κ1) is 21.8. The minimum atomic E-state index is -0.422. The Balaban J connectivity index is 1.42. The highest BCUT2D eigenvalue weighted by Crippen LogP contribution is 2.14. The van der Waals surface area contributed by atoms with Crippen molar-refractivity contribution in [2.24, 2.45) is 5.10 Å². The lowest BCUT2D eigenvalue weighted by Crippen LogP contribution is -2.24. The smallest absolute Gasteiger partial charge is 0.343 e. The van der Waals surface area contributed by atoms with Crippen molar-refractivity contribution in [3.63, 3.8) is 0 Å². The van der Waals surface area contributed by atoms with Crippen molar-refractivity contribution in [2.75, 3.05) is 6.61 Å². The van der Waals surface area contributed by atoms with Gasteiger partial charge < -0.3 is 9.47 Å². The summed E-state index contributed by atoms with van der Waals surface area (Å²) in [5.41, 5.74) is 4.89. The van der Waals surface area contributed by atoms with E-state index in [4.69, 9.17) is 9.47 Å². The van der Waals surface area contributed by atoms with Crippen LogP contribution in [0.5, 0.6) is 11.5 Å². The Morgan fingerprint density at radius 3 is 2.26 bits per heavy atom. The van der Waals surface area contributed by atoms with Crippen LogP contribution in [-0.4, -0.2) is 24.7 Å². The molecule has 0 bridgehead atoms. The van der Waals surface area contributed by atoms with E-state index in [0.717, 1.165) is 18.4 Å². The third kappa shape index (κ3) is 7.12. The van der Waals surface area contributed by atoms with Crippen LogP contribution in [0.15, 0.2) is 84.0 Å². The van der Waals surface area contributed by atoms with Gasteiger partial charge in [-0.2, -0.15) is 5.10 Å². The predicted molar refractivity (Wildman–Crippen MR) is 120 cm³/mol. The summed E-state index contributed by atoms with van der Waals surface area (Å²) in [4.78, 5) is 23.9. The number of benzene rings is 3. The minimum Gasteiger partial charge on any atom is -0.484 e. The molecule has 1 amide bonds. The summed E-state index contributed by atoms with van der Waals surface area (Å²) in [6.07, 6.45) is 3.61. The summed E-state index contributed by atoms with van der Waals surface area (Å²) in [6.45, 7) is 2.00. The summed E-state index contributed by atoms with van der Waals surface area (Å²) in [5, 5.41) is 3.92. The highest BCUT2D eigenvalue weighted by atomic mass is 16.5. The number of nitrogens with zero attached hydrogens (tertiary/aromatic N) is 1. The Morgan fingerprint density at radius 2 is 1.58 bits per heavy atom. The van der Waals surface area contributed by atoms with Gasteiger partial charge in [0.15, 0.2) is 6.61 Å². The highest BCUT2D eigenvalue weighted by molar-refractivity contribution is 5.91. The Morgan fingerprint density at radius 1 is 0.903 bits per heavy atom. The molecule has 0 radical (unpaired) electrons. The molecule has 0 fully saturated rings. The maximum atomic E-state index is 12.0. The third-order valence-corrected chi connectivity index (χ3v) is 4.33. The van der Waals surface area contributed by atoms with E-state index < -0.39 is 5.97 Å². The molecule has 3 aromatic carbocycles. The Labute approximate surface area is 181 Å². The molecule has 0 unspecified atom stereocenters. The van der Waals surface area contributed by atoms with Gasteiger partial charge in [0, 0.05) is 0 Å². The summed E-state index contributed by atoms with van der Waals surface area (Å²) in [6, 6.07) is 23.3. The maximum absolute atomic E-state index is 12.0. The second-order valence-corrected chi connectivity index (χ2v) is 6.80. The first-order chi connectivity index (χ1) is 15.1. The molecular formula is C25H24N2O4. The molecule has 6 heteroatoms. The number of carbonyl (C=O) groups excluding carboxylic acids is 2. The molecule has 0 heterocycles. The lowest BCUT2D eigenvalue weighted by molar-refractivity contribution is -0.123. The number of hydrogen-bond donors (Lipinski definition) is 1. The number of esters is 1. The number of hydrazone groups is 1. The third-order valence-electron chi connectivity index (χ3n) is 4.33. The van der Waals surface area contributed by atoms with E-state index in [1.807, 2.05) is 30.3 Å². The standard InChI is InChI=1S/C25H24N2O4/c1-2-6-19-9-13-22(14-10-19)30-18-24(28)27-26-17-20-11-15-23(16-12-20)31-25(29)21-7-4-3-5-8-21/h3-5,7-17H,2,6,18H2,1H3,(H,27,28)/b26-17-. The van der Waals surface area contributed by atoms with E-state index in [2.05, 4.69) is 17.5 Å². The molecule has 31 heavy (non-hydrogen) atoms. The fourth-order valence-electron chi connectivity index (χ4n) is 2.76. The monoisotopic (exact) mass is 416 g/mol. The molecule has 158 valence electrons. The predicted octanol–water partition coefficient (Wildman–Crippen LogP) is 4.39. The molecule has 0 aliphatic rings. The molecule has 3 aromatic rings. The maximum Gasteiger partial charge on any atom is 0.343 e. The average molecular weight is 416 g/mol. The van der Waals surface area contributed by atoms with Crippen LogP contribution in [0.1, 0.15) is 34.8 Å². The second-order valence-electron chi connectivity index (χ2n) is 6.80. The van der Waals surface area contributed by atoms with Crippen molar-refractivity contribution in [1.82, 2.24) is 5.43 Å². The van der Waals surface area contributed by atoms with Crippen LogP contribution in [0.25, 0.3) is 0 Å². The van der Waals surface area contributed by atoms with Crippen LogP contribution in [0.4, 0.5) is 0 Å². The van der Waals surface area contributed by atoms with Crippen LogP contribution in [0.3, 0.4) is 0 Å². The van der Waals surface area contributed by atoms with E-state index >= 15 is 0 Å². The minimum absolute atomic E-state index is 0.126. The van der Waals surface area contributed by atoms with Gasteiger partial charge in [0.05, 0.1) is 11.8 Å². The molecule has 0 saturated carbocycles. The molecule has 0 saturated heterocycles. The van der Waals surface area contributed by atoms with Gasteiger partial charge in [0.25, 0.3) is 5.91 Å². The van der Waals surface area contributed by atoms with Gasteiger partial charge in [-0.3, -0.25) is 4.79 Å². The molecule has 6 nitrogen and oxygen atoms in total. The number of amides is 1. The van der Waals surface area contributed by atoms with Crippen LogP contribution >= 0.6 is 0 Å². The van der Waals surface area contributed by atoms with Gasteiger partial charge in [0.2, 0.25) is 0 Å². The number of hydrogen-bond acceptors (Lipinski definition) is 5. The summed E-state index contributed by atoms with van der Waals surface area (Å²) < 4.78 is 10.8. The van der Waals surface area contributed by atoms with Crippen molar-refractivity contribution < 1.29 is 19.1 Å². The van der Waals surface area contributed by atoms with Gasteiger partial charge in [-0.05, 0) is 66.1 Å². The first-order valence-electron chi connectivity index (χ1n) is 10.0. The molecule has 0 aromatic heterocycles. The molecule has 1 N–H and O–H groups in total. The van der Waals surface area contributed by atoms with Gasteiger partial charge in [-0.15, -0.1) is 0 Å². The zero-order valence-corrected chi connectivity index (χ0v) is 17.3. The van der Waals surface area contributed by atoms with E-state index in [1.165, 1.54) is 11.8 Å². The Hall–Kier alpha value is -3.93.